The molecule has 0 aliphatic carbocycles. The monoisotopic (exact) mass is 265 g/mol. The molecule has 0 aliphatic heterocycles. The fourth-order valence-electron chi connectivity index (χ4n) is 2.23. The zero-order valence-electron chi connectivity index (χ0n) is 11.4. The van der Waals surface area contributed by atoms with Crippen molar-refractivity contribution >= 4 is 5.69 Å². The molecule has 0 amide bonds. The highest BCUT2D eigenvalue weighted by Gasteiger charge is 2.14. The molecule has 3 rings (SSSR count). The lowest BCUT2D eigenvalue weighted by molar-refractivity contribution is 0.432. The van der Waals surface area contributed by atoms with Crippen LogP contribution in [0, 0.1) is 13.8 Å². The van der Waals surface area contributed by atoms with Crippen molar-refractivity contribution in [2.45, 2.75) is 13.8 Å². The minimum atomic E-state index is 0.549. The lowest BCUT2D eigenvalue weighted by Gasteiger charge is -2.03. The summed E-state index contributed by atoms with van der Waals surface area (Å²) in [5, 5.41) is 4.05. The summed E-state index contributed by atoms with van der Waals surface area (Å²) < 4.78 is 5.40. The van der Waals surface area contributed by atoms with Crippen LogP contribution in [0.2, 0.25) is 0 Å². The van der Waals surface area contributed by atoms with Gasteiger partial charge in [0.1, 0.15) is 0 Å². The number of nitrogens with two attached hydrogens (primary N) is 1. The van der Waals surface area contributed by atoms with Gasteiger partial charge in [-0.2, -0.15) is 4.98 Å². The van der Waals surface area contributed by atoms with Gasteiger partial charge < -0.3 is 10.3 Å². The Morgan fingerprint density at radius 1 is 0.950 bits per heavy atom. The first-order valence-corrected chi connectivity index (χ1v) is 6.41. The maximum Gasteiger partial charge on any atom is 0.258 e. The first-order valence-electron chi connectivity index (χ1n) is 6.41. The van der Waals surface area contributed by atoms with E-state index < -0.39 is 0 Å². The normalized spacial score (nSPS) is 10.7. The van der Waals surface area contributed by atoms with Gasteiger partial charge in [0.2, 0.25) is 5.82 Å². The number of aromatic nitrogens is 2. The number of nitrogens with zero attached hydrogens (tertiary/aromatic N) is 2. The maximum atomic E-state index is 5.68. The van der Waals surface area contributed by atoms with E-state index in [9.17, 15) is 0 Å². The third-order valence-corrected chi connectivity index (χ3v) is 3.29. The Balaban J connectivity index is 2.04. The van der Waals surface area contributed by atoms with Crippen LogP contribution in [0.5, 0.6) is 0 Å². The van der Waals surface area contributed by atoms with Crippen LogP contribution in [0.1, 0.15) is 11.1 Å². The Morgan fingerprint density at radius 2 is 1.60 bits per heavy atom. The van der Waals surface area contributed by atoms with Crippen LogP contribution in [0.25, 0.3) is 22.8 Å². The van der Waals surface area contributed by atoms with Crippen LogP contribution in [0.3, 0.4) is 0 Å². The molecule has 0 saturated heterocycles. The summed E-state index contributed by atoms with van der Waals surface area (Å²) in [6, 6.07) is 13.5. The highest BCUT2D eigenvalue weighted by atomic mass is 16.5. The lowest BCUT2D eigenvalue weighted by atomic mass is 10.0. The van der Waals surface area contributed by atoms with Crippen LogP contribution in [0.4, 0.5) is 5.69 Å². The molecule has 20 heavy (non-hydrogen) atoms. The van der Waals surface area contributed by atoms with Crippen LogP contribution in [-0.2, 0) is 0 Å². The van der Waals surface area contributed by atoms with Crippen LogP contribution >= 0.6 is 0 Å². The van der Waals surface area contributed by atoms with Crippen molar-refractivity contribution in [2.75, 3.05) is 5.73 Å². The second-order valence-corrected chi connectivity index (χ2v) is 4.81. The van der Waals surface area contributed by atoms with Crippen molar-refractivity contribution in [3.63, 3.8) is 0 Å². The number of anilines is 1. The van der Waals surface area contributed by atoms with E-state index in [1.54, 1.807) is 0 Å². The second-order valence-electron chi connectivity index (χ2n) is 4.81. The molecule has 0 atom stereocenters. The first kappa shape index (κ1) is 12.4. The second kappa shape index (κ2) is 4.81. The lowest BCUT2D eigenvalue weighted by Crippen LogP contribution is -1.88. The van der Waals surface area contributed by atoms with Gasteiger partial charge in [-0.25, -0.2) is 0 Å². The zero-order valence-corrected chi connectivity index (χ0v) is 11.4. The molecule has 100 valence electrons. The largest absolute Gasteiger partial charge is 0.399 e. The van der Waals surface area contributed by atoms with Crippen LogP contribution < -0.4 is 5.73 Å². The van der Waals surface area contributed by atoms with E-state index >= 15 is 0 Å². The quantitative estimate of drug-likeness (QED) is 0.719. The molecule has 3 aromatic rings. The average Bonchev–Trinajstić information content (AvgIpc) is 2.89. The third kappa shape index (κ3) is 2.16. The minimum absolute atomic E-state index is 0.549. The first-order chi connectivity index (χ1) is 9.65. The number of hydrogen-bond acceptors (Lipinski definition) is 4. The Labute approximate surface area is 117 Å². The average molecular weight is 265 g/mol. The van der Waals surface area contributed by atoms with Crippen molar-refractivity contribution in [2.24, 2.45) is 0 Å². The highest BCUT2D eigenvalue weighted by Crippen LogP contribution is 2.27. The van der Waals surface area contributed by atoms with Gasteiger partial charge in [0.15, 0.2) is 0 Å². The number of benzene rings is 2. The van der Waals surface area contributed by atoms with Gasteiger partial charge in [-0.15, -0.1) is 0 Å². The molecule has 0 bridgehead atoms. The molecule has 1 aromatic heterocycles. The van der Waals surface area contributed by atoms with E-state index in [-0.39, 0.29) is 0 Å². The molecule has 0 radical (unpaired) electrons. The molecule has 0 unspecified atom stereocenters. The topological polar surface area (TPSA) is 64.9 Å². The van der Waals surface area contributed by atoms with E-state index in [1.165, 1.54) is 0 Å². The molecule has 0 fully saturated rings. The van der Waals surface area contributed by atoms with Crippen molar-refractivity contribution in [3.8, 4) is 22.8 Å². The predicted molar refractivity (Wildman–Crippen MR) is 79.1 cm³/mol. The summed E-state index contributed by atoms with van der Waals surface area (Å²) >= 11 is 0. The highest BCUT2D eigenvalue weighted by molar-refractivity contribution is 5.66. The molecule has 0 aliphatic rings. The summed E-state index contributed by atoms with van der Waals surface area (Å²) in [5.41, 5.74) is 10.5. The van der Waals surface area contributed by atoms with Crippen molar-refractivity contribution in [3.05, 3.63) is 53.6 Å². The van der Waals surface area contributed by atoms with Gasteiger partial charge in [-0.05, 0) is 49.2 Å². The summed E-state index contributed by atoms with van der Waals surface area (Å²) in [7, 11) is 0. The molecule has 2 N–H and O–H groups in total. The summed E-state index contributed by atoms with van der Waals surface area (Å²) in [6.07, 6.45) is 0. The molecular formula is C16H15N3O. The summed E-state index contributed by atoms with van der Waals surface area (Å²) in [6.45, 7) is 4.07. The van der Waals surface area contributed by atoms with Gasteiger partial charge in [0, 0.05) is 16.8 Å². The standard InChI is InChI=1S/C16H15N3O/c1-10-4-3-5-11(2)14(10)16-18-15(19-20-16)12-6-8-13(17)9-7-12/h3-9H,17H2,1-2H3. The van der Waals surface area contributed by atoms with Gasteiger partial charge in [-0.1, -0.05) is 23.4 Å². The zero-order chi connectivity index (χ0) is 14.1. The van der Waals surface area contributed by atoms with Gasteiger partial charge >= 0.3 is 0 Å². The van der Waals surface area contributed by atoms with E-state index in [0.29, 0.717) is 17.4 Å². The van der Waals surface area contributed by atoms with Crippen molar-refractivity contribution < 1.29 is 4.52 Å². The SMILES string of the molecule is Cc1cccc(C)c1-c1nc(-c2ccc(N)cc2)no1. The van der Waals surface area contributed by atoms with E-state index in [1.807, 2.05) is 56.3 Å². The van der Waals surface area contributed by atoms with Crippen LogP contribution in [-0.4, -0.2) is 10.1 Å². The van der Waals surface area contributed by atoms with Gasteiger partial charge in [0.05, 0.1) is 0 Å². The Kier molecular flexibility index (Phi) is 2.99. The minimum Gasteiger partial charge on any atom is -0.399 e. The van der Waals surface area contributed by atoms with E-state index in [0.717, 1.165) is 22.3 Å². The fraction of sp³-hybridized carbons (Fsp3) is 0.125. The Bertz CT molecular complexity index is 724. The smallest absolute Gasteiger partial charge is 0.258 e. The molecule has 4 nitrogen and oxygen atoms in total. The number of hydrogen-bond donors (Lipinski definition) is 1. The van der Waals surface area contributed by atoms with Gasteiger partial charge in [0.25, 0.3) is 5.89 Å². The summed E-state index contributed by atoms with van der Waals surface area (Å²) in [5.74, 6) is 1.12. The fourth-order valence-corrected chi connectivity index (χ4v) is 2.23. The predicted octanol–water partition coefficient (Wildman–Crippen LogP) is 3.60. The van der Waals surface area contributed by atoms with Crippen molar-refractivity contribution in [1.29, 1.82) is 0 Å². The molecule has 4 heteroatoms. The number of aryl methyl sites for hydroxylation is 2. The molecule has 2 aromatic carbocycles. The molecular weight excluding hydrogens is 250 g/mol. The number of rotatable bonds is 2. The van der Waals surface area contributed by atoms with Gasteiger partial charge in [-0.3, -0.25) is 0 Å². The Morgan fingerprint density at radius 3 is 2.25 bits per heavy atom. The Hall–Kier alpha value is -2.62. The molecule has 0 spiro atoms. The maximum absolute atomic E-state index is 5.68. The third-order valence-electron chi connectivity index (χ3n) is 3.29. The molecule has 0 saturated carbocycles. The summed E-state index contributed by atoms with van der Waals surface area (Å²) in [4.78, 5) is 4.48. The molecule has 1 heterocycles. The number of nitrogen functional groups attached to an aromatic ring is 1. The van der Waals surface area contributed by atoms with E-state index in [4.69, 9.17) is 10.3 Å². The van der Waals surface area contributed by atoms with Crippen molar-refractivity contribution in [1.82, 2.24) is 10.1 Å². The van der Waals surface area contributed by atoms with Crippen LogP contribution in [0.15, 0.2) is 47.0 Å². The van der Waals surface area contributed by atoms with E-state index in [2.05, 4.69) is 10.1 Å².